The maximum absolute atomic E-state index is 12.5. The molecule has 0 bridgehead atoms. The molecule has 0 saturated carbocycles. The van der Waals surface area contributed by atoms with E-state index in [1.54, 1.807) is 23.3 Å². The summed E-state index contributed by atoms with van der Waals surface area (Å²) in [4.78, 5) is 14.3. The molecule has 1 aromatic carbocycles. The van der Waals surface area contributed by atoms with Gasteiger partial charge in [-0.3, -0.25) is 4.79 Å². The van der Waals surface area contributed by atoms with Crippen LogP contribution in [0.25, 0.3) is 0 Å². The van der Waals surface area contributed by atoms with E-state index in [4.69, 9.17) is 8.83 Å². The van der Waals surface area contributed by atoms with Gasteiger partial charge in [0, 0.05) is 6.54 Å². The van der Waals surface area contributed by atoms with Crippen molar-refractivity contribution in [1.29, 1.82) is 0 Å². The maximum Gasteiger partial charge on any atom is 0.289 e. The van der Waals surface area contributed by atoms with Crippen LogP contribution < -0.4 is 0 Å². The van der Waals surface area contributed by atoms with Gasteiger partial charge in [-0.25, -0.2) is 0 Å². The average Bonchev–Trinajstić information content (AvgIpc) is 3.25. The van der Waals surface area contributed by atoms with Crippen LogP contribution in [0.1, 0.15) is 21.9 Å². The van der Waals surface area contributed by atoms with Gasteiger partial charge in [-0.2, -0.15) is 0 Å². The van der Waals surface area contributed by atoms with Gasteiger partial charge in [-0.15, -0.1) is 0 Å². The molecule has 2 aromatic heterocycles. The van der Waals surface area contributed by atoms with Crippen molar-refractivity contribution in [2.45, 2.75) is 13.0 Å². The zero-order valence-corrected chi connectivity index (χ0v) is 12.1. The monoisotopic (exact) mass is 295 g/mol. The molecule has 0 spiro atoms. The molecule has 0 aliphatic carbocycles. The number of nitrogens with zero attached hydrogens (tertiary/aromatic N) is 1. The normalized spacial score (nSPS) is 10.5. The standard InChI is InChI=1S/C18H17NO3/c20-18(17-9-5-13-22-17)19(14-16-8-4-12-21-16)11-10-15-6-2-1-3-7-15/h1-9,12-13H,10-11,14H2. The molecule has 112 valence electrons. The Labute approximate surface area is 129 Å². The first-order valence-electron chi connectivity index (χ1n) is 7.22. The molecule has 0 saturated heterocycles. The van der Waals surface area contributed by atoms with Crippen LogP contribution in [0, 0.1) is 0 Å². The van der Waals surface area contributed by atoms with E-state index in [1.807, 2.05) is 30.3 Å². The van der Waals surface area contributed by atoms with Gasteiger partial charge in [0.25, 0.3) is 5.91 Å². The van der Waals surface area contributed by atoms with Crippen molar-refractivity contribution < 1.29 is 13.6 Å². The van der Waals surface area contributed by atoms with Crippen molar-refractivity contribution >= 4 is 5.91 Å². The SMILES string of the molecule is O=C(c1ccco1)N(CCc1ccccc1)Cc1ccco1. The highest BCUT2D eigenvalue weighted by Gasteiger charge is 2.19. The first-order valence-corrected chi connectivity index (χ1v) is 7.22. The number of benzene rings is 1. The van der Waals surface area contributed by atoms with E-state index >= 15 is 0 Å². The topological polar surface area (TPSA) is 46.6 Å². The van der Waals surface area contributed by atoms with Gasteiger partial charge in [0.05, 0.1) is 19.1 Å². The zero-order chi connectivity index (χ0) is 15.2. The predicted octanol–water partition coefficient (Wildman–Crippen LogP) is 3.76. The smallest absolute Gasteiger partial charge is 0.289 e. The molecule has 0 fully saturated rings. The van der Waals surface area contributed by atoms with Crippen LogP contribution in [-0.4, -0.2) is 17.4 Å². The van der Waals surface area contributed by atoms with Gasteiger partial charge in [-0.1, -0.05) is 30.3 Å². The van der Waals surface area contributed by atoms with Crippen LogP contribution in [0.5, 0.6) is 0 Å². The Hall–Kier alpha value is -2.75. The highest BCUT2D eigenvalue weighted by atomic mass is 16.3. The second kappa shape index (κ2) is 6.80. The van der Waals surface area contributed by atoms with E-state index in [9.17, 15) is 4.79 Å². The number of furan rings is 2. The molecule has 4 heteroatoms. The van der Waals surface area contributed by atoms with E-state index in [0.29, 0.717) is 18.8 Å². The largest absolute Gasteiger partial charge is 0.467 e. The number of amides is 1. The summed E-state index contributed by atoms with van der Waals surface area (Å²) in [6, 6.07) is 17.2. The second-order valence-electron chi connectivity index (χ2n) is 5.02. The van der Waals surface area contributed by atoms with Gasteiger partial charge >= 0.3 is 0 Å². The molecule has 3 rings (SSSR count). The number of carbonyl (C=O) groups excluding carboxylic acids is 1. The van der Waals surface area contributed by atoms with Crippen LogP contribution in [0.4, 0.5) is 0 Å². The second-order valence-corrected chi connectivity index (χ2v) is 5.02. The lowest BCUT2D eigenvalue weighted by atomic mass is 10.1. The quantitative estimate of drug-likeness (QED) is 0.695. The van der Waals surface area contributed by atoms with Crippen LogP contribution in [-0.2, 0) is 13.0 Å². The van der Waals surface area contributed by atoms with Crippen molar-refractivity contribution in [2.24, 2.45) is 0 Å². The molecule has 1 amide bonds. The minimum Gasteiger partial charge on any atom is -0.467 e. The summed E-state index contributed by atoms with van der Waals surface area (Å²) in [7, 11) is 0. The number of hydrogen-bond acceptors (Lipinski definition) is 3. The Bertz CT molecular complexity index is 687. The van der Waals surface area contributed by atoms with Crippen LogP contribution in [0.2, 0.25) is 0 Å². The van der Waals surface area contributed by atoms with Gasteiger partial charge in [-0.05, 0) is 36.2 Å². The fourth-order valence-corrected chi connectivity index (χ4v) is 2.31. The average molecular weight is 295 g/mol. The molecular formula is C18H17NO3. The van der Waals surface area contributed by atoms with E-state index in [2.05, 4.69) is 12.1 Å². The van der Waals surface area contributed by atoms with Crippen LogP contribution in [0.3, 0.4) is 0 Å². The molecule has 3 aromatic rings. The Morgan fingerprint density at radius 1 is 0.909 bits per heavy atom. The minimum absolute atomic E-state index is 0.127. The maximum atomic E-state index is 12.5. The summed E-state index contributed by atoms with van der Waals surface area (Å²) >= 11 is 0. The predicted molar refractivity (Wildman–Crippen MR) is 82.3 cm³/mol. The van der Waals surface area contributed by atoms with Gasteiger partial charge in [0.1, 0.15) is 5.76 Å². The first-order chi connectivity index (χ1) is 10.8. The van der Waals surface area contributed by atoms with Gasteiger partial charge in [0.2, 0.25) is 0 Å². The Morgan fingerprint density at radius 3 is 2.36 bits per heavy atom. The molecule has 0 atom stereocenters. The Kier molecular flexibility index (Phi) is 4.39. The van der Waals surface area contributed by atoms with Crippen molar-refractivity contribution in [3.63, 3.8) is 0 Å². The lowest BCUT2D eigenvalue weighted by Crippen LogP contribution is -2.32. The van der Waals surface area contributed by atoms with Gasteiger partial charge in [0.15, 0.2) is 5.76 Å². The molecule has 0 aliphatic rings. The summed E-state index contributed by atoms with van der Waals surface area (Å²) in [5.74, 6) is 0.977. The van der Waals surface area contributed by atoms with Crippen LogP contribution >= 0.6 is 0 Å². The minimum atomic E-state index is -0.127. The third kappa shape index (κ3) is 3.47. The van der Waals surface area contributed by atoms with E-state index in [0.717, 1.165) is 12.2 Å². The van der Waals surface area contributed by atoms with Crippen molar-refractivity contribution in [1.82, 2.24) is 4.90 Å². The third-order valence-electron chi connectivity index (χ3n) is 3.46. The summed E-state index contributed by atoms with van der Waals surface area (Å²) in [5.41, 5.74) is 1.19. The van der Waals surface area contributed by atoms with Crippen LogP contribution in [0.15, 0.2) is 76.0 Å². The Morgan fingerprint density at radius 2 is 1.68 bits per heavy atom. The molecule has 4 nitrogen and oxygen atoms in total. The molecule has 22 heavy (non-hydrogen) atoms. The number of hydrogen-bond donors (Lipinski definition) is 0. The highest BCUT2D eigenvalue weighted by molar-refractivity contribution is 5.91. The Balaban J connectivity index is 1.72. The molecular weight excluding hydrogens is 278 g/mol. The molecule has 2 heterocycles. The molecule has 0 N–H and O–H groups in total. The molecule has 0 aliphatic heterocycles. The third-order valence-corrected chi connectivity index (χ3v) is 3.46. The summed E-state index contributed by atoms with van der Waals surface area (Å²) < 4.78 is 10.6. The summed E-state index contributed by atoms with van der Waals surface area (Å²) in [5, 5.41) is 0. The van der Waals surface area contributed by atoms with E-state index in [-0.39, 0.29) is 5.91 Å². The molecule has 0 radical (unpaired) electrons. The highest BCUT2D eigenvalue weighted by Crippen LogP contribution is 2.12. The molecule has 0 unspecified atom stereocenters. The lowest BCUT2D eigenvalue weighted by molar-refractivity contribution is 0.0701. The lowest BCUT2D eigenvalue weighted by Gasteiger charge is -2.20. The zero-order valence-electron chi connectivity index (χ0n) is 12.1. The van der Waals surface area contributed by atoms with E-state index < -0.39 is 0 Å². The fraction of sp³-hybridized carbons (Fsp3) is 0.167. The summed E-state index contributed by atoms with van der Waals surface area (Å²) in [6.07, 6.45) is 3.91. The fourth-order valence-electron chi connectivity index (χ4n) is 2.31. The van der Waals surface area contributed by atoms with Crippen molar-refractivity contribution in [3.8, 4) is 0 Å². The number of carbonyl (C=O) groups is 1. The van der Waals surface area contributed by atoms with Crippen molar-refractivity contribution in [2.75, 3.05) is 6.54 Å². The summed E-state index contributed by atoms with van der Waals surface area (Å²) in [6.45, 7) is 1.03. The van der Waals surface area contributed by atoms with E-state index in [1.165, 1.54) is 11.8 Å². The van der Waals surface area contributed by atoms with Gasteiger partial charge < -0.3 is 13.7 Å². The first kappa shape index (κ1) is 14.2. The van der Waals surface area contributed by atoms with Crippen molar-refractivity contribution in [3.05, 3.63) is 84.2 Å². The number of rotatable bonds is 6.